The fourth-order valence-corrected chi connectivity index (χ4v) is 4.12. The zero-order chi connectivity index (χ0) is 21.5. The summed E-state index contributed by atoms with van der Waals surface area (Å²) in [5, 5.41) is 0. The molecule has 0 radical (unpaired) electrons. The molecule has 5 heteroatoms. The summed E-state index contributed by atoms with van der Waals surface area (Å²) in [6.07, 6.45) is 12.6. The van der Waals surface area contributed by atoms with Crippen LogP contribution in [0.4, 0.5) is 0 Å². The van der Waals surface area contributed by atoms with Crippen LogP contribution in [0, 0.1) is 0 Å². The molecule has 1 aliphatic rings. The van der Waals surface area contributed by atoms with Gasteiger partial charge in [-0.2, -0.15) is 0 Å². The Morgan fingerprint density at radius 2 is 1.90 bits per heavy atom. The third-order valence-electron chi connectivity index (χ3n) is 5.65. The summed E-state index contributed by atoms with van der Waals surface area (Å²) in [5.74, 6) is 0.936. The number of carbonyl (C=O) groups excluding carboxylic acids is 1. The largest absolute Gasteiger partial charge is 0.496 e. The van der Waals surface area contributed by atoms with Gasteiger partial charge >= 0.3 is 0 Å². The van der Waals surface area contributed by atoms with Crippen LogP contribution in [0.5, 0.6) is 5.75 Å². The van der Waals surface area contributed by atoms with Gasteiger partial charge in [-0.05, 0) is 65.2 Å². The minimum absolute atomic E-state index is 0.593. The molecule has 29 heavy (non-hydrogen) atoms. The SMILES string of the molecule is CC.COc1ccncc1CN1CCC(N(CCCCCCC=O)C(C)C)CC1. The van der Waals surface area contributed by atoms with Crippen molar-refractivity contribution in [1.29, 1.82) is 0 Å². The summed E-state index contributed by atoms with van der Waals surface area (Å²) in [6, 6.07) is 3.22. The third kappa shape index (κ3) is 9.26. The topological polar surface area (TPSA) is 45.7 Å². The molecule has 0 atom stereocenters. The second-order valence-corrected chi connectivity index (χ2v) is 7.90. The van der Waals surface area contributed by atoms with Gasteiger partial charge in [-0.15, -0.1) is 0 Å². The summed E-state index contributed by atoms with van der Waals surface area (Å²) >= 11 is 0. The van der Waals surface area contributed by atoms with Gasteiger partial charge in [0.25, 0.3) is 0 Å². The van der Waals surface area contributed by atoms with Crippen molar-refractivity contribution in [1.82, 2.24) is 14.8 Å². The molecular formula is C24H43N3O2. The summed E-state index contributed by atoms with van der Waals surface area (Å²) in [6.45, 7) is 13.0. The molecule has 1 saturated heterocycles. The number of aromatic nitrogens is 1. The van der Waals surface area contributed by atoms with Crippen LogP contribution in [-0.4, -0.2) is 59.9 Å². The first-order valence-electron chi connectivity index (χ1n) is 11.5. The minimum atomic E-state index is 0.593. The molecule has 5 nitrogen and oxygen atoms in total. The van der Waals surface area contributed by atoms with E-state index in [-0.39, 0.29) is 0 Å². The maximum Gasteiger partial charge on any atom is 0.126 e. The zero-order valence-electron chi connectivity index (χ0n) is 19.4. The predicted octanol–water partition coefficient (Wildman–Crippen LogP) is 4.94. The number of carbonyl (C=O) groups is 1. The van der Waals surface area contributed by atoms with Crippen LogP contribution in [0.1, 0.15) is 78.2 Å². The summed E-state index contributed by atoms with van der Waals surface area (Å²) in [5.41, 5.74) is 1.18. The van der Waals surface area contributed by atoms with Crippen LogP contribution < -0.4 is 4.74 Å². The molecule has 1 aliphatic heterocycles. The number of hydrogen-bond donors (Lipinski definition) is 0. The molecule has 0 bridgehead atoms. The number of ether oxygens (including phenoxy) is 1. The van der Waals surface area contributed by atoms with Crippen LogP contribution in [0.2, 0.25) is 0 Å². The lowest BCUT2D eigenvalue weighted by Crippen LogP contribution is -2.47. The van der Waals surface area contributed by atoms with Gasteiger partial charge < -0.3 is 9.53 Å². The predicted molar refractivity (Wildman–Crippen MR) is 121 cm³/mol. The first-order valence-corrected chi connectivity index (χ1v) is 11.5. The van der Waals surface area contributed by atoms with Crippen LogP contribution in [0.15, 0.2) is 18.5 Å². The number of methoxy groups -OCH3 is 1. The lowest BCUT2D eigenvalue weighted by Gasteiger charge is -2.40. The van der Waals surface area contributed by atoms with Crippen molar-refractivity contribution in [2.75, 3.05) is 26.7 Å². The van der Waals surface area contributed by atoms with Crippen LogP contribution in [0.25, 0.3) is 0 Å². The molecule has 0 aliphatic carbocycles. The molecule has 0 N–H and O–H groups in total. The van der Waals surface area contributed by atoms with E-state index < -0.39 is 0 Å². The van der Waals surface area contributed by atoms with Crippen molar-refractivity contribution >= 4 is 6.29 Å². The summed E-state index contributed by atoms with van der Waals surface area (Å²) < 4.78 is 5.46. The molecule has 1 aromatic rings. The van der Waals surface area contributed by atoms with Crippen LogP contribution >= 0.6 is 0 Å². The molecule has 2 rings (SSSR count). The Balaban J connectivity index is 0.00000204. The van der Waals surface area contributed by atoms with Crippen molar-refractivity contribution in [2.45, 2.75) is 91.3 Å². The Labute approximate surface area is 178 Å². The number of nitrogens with zero attached hydrogens (tertiary/aromatic N) is 3. The second-order valence-electron chi connectivity index (χ2n) is 7.90. The van der Waals surface area contributed by atoms with E-state index in [0.29, 0.717) is 18.5 Å². The van der Waals surface area contributed by atoms with E-state index in [0.717, 1.165) is 38.1 Å². The van der Waals surface area contributed by atoms with Gasteiger partial charge in [0.2, 0.25) is 0 Å². The van der Waals surface area contributed by atoms with E-state index in [1.165, 1.54) is 44.2 Å². The first-order chi connectivity index (χ1) is 14.2. The average molecular weight is 406 g/mol. The van der Waals surface area contributed by atoms with E-state index >= 15 is 0 Å². The Bertz CT molecular complexity index is 543. The number of piperidine rings is 1. The van der Waals surface area contributed by atoms with E-state index in [1.54, 1.807) is 13.3 Å². The third-order valence-corrected chi connectivity index (χ3v) is 5.65. The van der Waals surface area contributed by atoms with Gasteiger partial charge in [-0.3, -0.25) is 14.8 Å². The van der Waals surface area contributed by atoms with Gasteiger partial charge in [0, 0.05) is 43.0 Å². The van der Waals surface area contributed by atoms with Gasteiger partial charge in [0.05, 0.1) is 7.11 Å². The van der Waals surface area contributed by atoms with Crippen molar-refractivity contribution < 1.29 is 9.53 Å². The highest BCUT2D eigenvalue weighted by Gasteiger charge is 2.26. The maximum atomic E-state index is 10.4. The molecule has 2 heterocycles. The minimum Gasteiger partial charge on any atom is -0.496 e. The monoisotopic (exact) mass is 405 g/mol. The van der Waals surface area contributed by atoms with Crippen LogP contribution in [-0.2, 0) is 11.3 Å². The molecule has 0 amide bonds. The van der Waals surface area contributed by atoms with Crippen molar-refractivity contribution in [3.8, 4) is 5.75 Å². The fraction of sp³-hybridized carbons (Fsp3) is 0.750. The quantitative estimate of drug-likeness (QED) is 0.364. The molecule has 0 spiro atoms. The number of unbranched alkanes of at least 4 members (excludes halogenated alkanes) is 4. The van der Waals surface area contributed by atoms with Gasteiger partial charge in [-0.1, -0.05) is 26.7 Å². The van der Waals surface area contributed by atoms with Gasteiger partial charge in [0.15, 0.2) is 0 Å². The first kappa shape index (κ1) is 25.6. The Kier molecular flexibility index (Phi) is 13.6. The number of pyridine rings is 1. The van der Waals surface area contributed by atoms with Crippen molar-refractivity contribution in [3.05, 3.63) is 24.0 Å². The van der Waals surface area contributed by atoms with Gasteiger partial charge in [0.1, 0.15) is 12.0 Å². The van der Waals surface area contributed by atoms with E-state index in [4.69, 9.17) is 4.74 Å². The molecule has 0 aromatic carbocycles. The second kappa shape index (κ2) is 15.4. The standard InChI is InChI=1S/C22H37N3O2.C2H6/c1-19(2)25(13-7-5-4-6-8-16-26)21-10-14-24(15-11-21)18-20-17-23-12-9-22(20)27-3;1-2/h9,12,16-17,19,21H,4-8,10-11,13-15,18H2,1-3H3;1-2H3. The molecule has 1 aromatic heterocycles. The molecule has 1 fully saturated rings. The summed E-state index contributed by atoms with van der Waals surface area (Å²) in [4.78, 5) is 19.9. The lowest BCUT2D eigenvalue weighted by molar-refractivity contribution is -0.107. The Morgan fingerprint density at radius 1 is 1.21 bits per heavy atom. The Morgan fingerprint density at radius 3 is 2.52 bits per heavy atom. The summed E-state index contributed by atoms with van der Waals surface area (Å²) in [7, 11) is 1.73. The fourth-order valence-electron chi connectivity index (χ4n) is 4.12. The molecule has 0 unspecified atom stereocenters. The van der Waals surface area contributed by atoms with Crippen LogP contribution in [0.3, 0.4) is 0 Å². The van der Waals surface area contributed by atoms with E-state index in [2.05, 4.69) is 28.6 Å². The lowest BCUT2D eigenvalue weighted by atomic mass is 10.00. The zero-order valence-corrected chi connectivity index (χ0v) is 19.4. The number of aldehydes is 1. The number of hydrogen-bond acceptors (Lipinski definition) is 5. The highest BCUT2D eigenvalue weighted by atomic mass is 16.5. The number of rotatable bonds is 12. The van der Waals surface area contributed by atoms with E-state index in [9.17, 15) is 4.79 Å². The maximum absolute atomic E-state index is 10.4. The molecule has 0 saturated carbocycles. The van der Waals surface area contributed by atoms with E-state index in [1.807, 2.05) is 26.1 Å². The highest BCUT2D eigenvalue weighted by Crippen LogP contribution is 2.23. The van der Waals surface area contributed by atoms with Gasteiger partial charge in [-0.25, -0.2) is 0 Å². The highest BCUT2D eigenvalue weighted by molar-refractivity contribution is 5.48. The molecular weight excluding hydrogens is 362 g/mol. The van der Waals surface area contributed by atoms with Crippen molar-refractivity contribution in [2.24, 2.45) is 0 Å². The average Bonchev–Trinajstić information content (AvgIpc) is 2.75. The Hall–Kier alpha value is -1.46. The molecule has 166 valence electrons. The number of likely N-dealkylation sites (tertiary alicyclic amines) is 1. The van der Waals surface area contributed by atoms with Crippen molar-refractivity contribution in [3.63, 3.8) is 0 Å². The smallest absolute Gasteiger partial charge is 0.126 e. The normalized spacial score (nSPS) is 15.3.